The van der Waals surface area contributed by atoms with Crippen LogP contribution in [-0.4, -0.2) is 24.7 Å². The molecule has 0 radical (unpaired) electrons. The summed E-state index contributed by atoms with van der Waals surface area (Å²) in [6.45, 7) is 0. The van der Waals surface area contributed by atoms with Gasteiger partial charge >= 0.3 is 24.7 Å². The van der Waals surface area contributed by atoms with Crippen molar-refractivity contribution in [2.75, 3.05) is 0 Å². The number of halogens is 12. The second kappa shape index (κ2) is 7.56. The Bertz CT molecular complexity index is 1000. The third kappa shape index (κ3) is 3.86. The summed E-state index contributed by atoms with van der Waals surface area (Å²) in [5, 5.41) is 0. The van der Waals surface area contributed by atoms with Crippen LogP contribution in [0.25, 0.3) is 0 Å². The van der Waals surface area contributed by atoms with Crippen LogP contribution in [0.5, 0.6) is 0 Å². The molecule has 0 fully saturated rings. The van der Waals surface area contributed by atoms with E-state index in [1.54, 1.807) is 0 Å². The van der Waals surface area contributed by atoms with Crippen LogP contribution in [0.1, 0.15) is 25.7 Å². The Morgan fingerprint density at radius 3 is 0.667 bits per heavy atom. The van der Waals surface area contributed by atoms with Crippen molar-refractivity contribution in [1.29, 1.82) is 0 Å². The van der Waals surface area contributed by atoms with Gasteiger partial charge < -0.3 is 0 Å². The smallest absolute Gasteiger partial charge is 0.166 e. The van der Waals surface area contributed by atoms with E-state index in [1.807, 2.05) is 0 Å². The Kier molecular flexibility index (Phi) is 5.31. The first-order valence-electron chi connectivity index (χ1n) is 11.0. The molecule has 0 aromatic rings. The predicted octanol–water partition coefficient (Wildman–Crippen LogP) is 8.63. The van der Waals surface area contributed by atoms with E-state index in [9.17, 15) is 52.7 Å². The van der Waals surface area contributed by atoms with Crippen LogP contribution in [0.4, 0.5) is 52.7 Å². The van der Waals surface area contributed by atoms with Gasteiger partial charge in [0.15, 0.2) is 0 Å². The fourth-order valence-corrected chi connectivity index (χ4v) is 6.29. The Morgan fingerprint density at radius 1 is 0.361 bits per heavy atom. The zero-order chi connectivity index (χ0) is 26.6. The maximum absolute atomic E-state index is 13.8. The summed E-state index contributed by atoms with van der Waals surface area (Å²) in [5.74, 6) is -6.96. The van der Waals surface area contributed by atoms with E-state index in [0.29, 0.717) is 0 Å². The molecule has 0 unspecified atom stereocenters. The van der Waals surface area contributed by atoms with Gasteiger partial charge in [-0.1, -0.05) is 46.6 Å². The number of allylic oxidation sites excluding steroid dienone is 12. The molecule has 0 saturated carbocycles. The van der Waals surface area contributed by atoms with Gasteiger partial charge in [0.05, 0.1) is 22.3 Å². The summed E-state index contributed by atoms with van der Waals surface area (Å²) in [7, 11) is 0. The summed E-state index contributed by atoms with van der Waals surface area (Å²) >= 11 is 0. The summed E-state index contributed by atoms with van der Waals surface area (Å²) in [6.07, 6.45) is -18.0. The van der Waals surface area contributed by atoms with E-state index in [-0.39, 0.29) is 48.0 Å². The lowest BCUT2D eigenvalue weighted by atomic mass is 9.62. The molecule has 0 heterocycles. The fourth-order valence-electron chi connectivity index (χ4n) is 6.29. The van der Waals surface area contributed by atoms with Crippen molar-refractivity contribution in [2.24, 2.45) is 23.7 Å². The molecule has 0 spiro atoms. The molecule has 0 saturated heterocycles. The molecular formula is C24H16F12. The second-order valence-corrected chi connectivity index (χ2v) is 9.52. The lowest BCUT2D eigenvalue weighted by Gasteiger charge is -2.44. The van der Waals surface area contributed by atoms with Crippen molar-refractivity contribution in [2.45, 2.75) is 50.4 Å². The van der Waals surface area contributed by atoms with Gasteiger partial charge in [-0.05, 0) is 25.7 Å². The molecular weight excluding hydrogens is 516 g/mol. The normalized spacial score (nSPS) is 30.8. The lowest BCUT2D eigenvalue weighted by molar-refractivity contribution is -0.124. The average molecular weight is 532 g/mol. The van der Waals surface area contributed by atoms with Crippen molar-refractivity contribution >= 4 is 0 Å². The van der Waals surface area contributed by atoms with Crippen LogP contribution in [0.2, 0.25) is 0 Å². The van der Waals surface area contributed by atoms with Gasteiger partial charge in [-0.2, -0.15) is 52.7 Å². The first-order chi connectivity index (χ1) is 16.4. The van der Waals surface area contributed by atoms with Crippen molar-refractivity contribution in [3.05, 3.63) is 68.9 Å². The van der Waals surface area contributed by atoms with Crippen molar-refractivity contribution in [3.8, 4) is 0 Å². The SMILES string of the molecule is FC(F)(F)C1=C(C(F)(F)F)[C@H]2C=C3CCC4=C[C@H]5C(=C[C@H]4C(C(F)(F)F)=C5C(F)(F)F)CCC2=C[C@H]31. The van der Waals surface area contributed by atoms with Gasteiger partial charge in [-0.25, -0.2) is 0 Å². The van der Waals surface area contributed by atoms with Crippen LogP contribution >= 0.6 is 0 Å². The van der Waals surface area contributed by atoms with E-state index in [2.05, 4.69) is 0 Å². The van der Waals surface area contributed by atoms with Gasteiger partial charge in [0.25, 0.3) is 0 Å². The molecule has 10 rings (SSSR count). The van der Waals surface area contributed by atoms with E-state index >= 15 is 0 Å². The quantitative estimate of drug-likeness (QED) is 0.217. The van der Waals surface area contributed by atoms with E-state index in [4.69, 9.17) is 0 Å². The standard InChI is InChI=1S/C24H16F12/c25-21(26,27)17-13-7-11-3-4-12-8-15-10(2-1-9(13)5-14(11)18(17)22(28,29)30)6-16(12)20(24(34,35)36)19(15)23(31,32)33/h5-8,13-16H,1-4H2/t13-,14+,15-,16+. The largest absolute Gasteiger partial charge is 0.413 e. The molecule has 0 N–H and O–H groups in total. The minimum Gasteiger partial charge on any atom is -0.166 e. The summed E-state index contributed by atoms with van der Waals surface area (Å²) < 4.78 is 166. The van der Waals surface area contributed by atoms with E-state index in [1.165, 1.54) is 0 Å². The molecule has 0 aromatic carbocycles. The molecule has 0 nitrogen and oxygen atoms in total. The van der Waals surface area contributed by atoms with Crippen LogP contribution in [-0.2, 0) is 0 Å². The zero-order valence-electron chi connectivity index (χ0n) is 18.0. The molecule has 10 aliphatic rings. The highest BCUT2D eigenvalue weighted by Crippen LogP contribution is 2.59. The Morgan fingerprint density at radius 2 is 0.528 bits per heavy atom. The van der Waals surface area contributed by atoms with Gasteiger partial charge in [0.1, 0.15) is 0 Å². The van der Waals surface area contributed by atoms with Gasteiger partial charge in [-0.3, -0.25) is 0 Å². The summed E-state index contributed by atoms with van der Waals surface area (Å²) in [5.41, 5.74) is -7.01. The Labute approximate surface area is 196 Å². The molecule has 4 atom stereocenters. The molecule has 10 aliphatic carbocycles. The molecule has 8 bridgehead atoms. The summed E-state index contributed by atoms with van der Waals surface area (Å²) in [4.78, 5) is 0. The zero-order valence-corrected chi connectivity index (χ0v) is 18.0. The third-order valence-corrected chi connectivity index (χ3v) is 7.57. The van der Waals surface area contributed by atoms with Crippen LogP contribution in [0.15, 0.2) is 68.9 Å². The number of hydrogen-bond acceptors (Lipinski definition) is 0. The van der Waals surface area contributed by atoms with Gasteiger partial charge in [0.2, 0.25) is 0 Å². The maximum Gasteiger partial charge on any atom is 0.413 e. The number of alkyl halides is 12. The maximum atomic E-state index is 13.8. The van der Waals surface area contributed by atoms with Crippen LogP contribution < -0.4 is 0 Å². The van der Waals surface area contributed by atoms with Gasteiger partial charge in [0, 0.05) is 23.7 Å². The molecule has 36 heavy (non-hydrogen) atoms. The Balaban J connectivity index is 1.59. The molecule has 12 heteroatoms. The molecule has 0 aromatic heterocycles. The number of hydrogen-bond donors (Lipinski definition) is 0. The van der Waals surface area contributed by atoms with Crippen molar-refractivity contribution < 1.29 is 52.7 Å². The number of rotatable bonds is 0. The van der Waals surface area contributed by atoms with Gasteiger partial charge in [-0.15, -0.1) is 0 Å². The average Bonchev–Trinajstić information content (AvgIpc) is 2.71. The molecule has 196 valence electrons. The van der Waals surface area contributed by atoms with Crippen molar-refractivity contribution in [1.82, 2.24) is 0 Å². The monoisotopic (exact) mass is 532 g/mol. The van der Waals surface area contributed by atoms with E-state index < -0.39 is 70.7 Å². The minimum atomic E-state index is -5.29. The summed E-state index contributed by atoms with van der Waals surface area (Å²) in [6, 6.07) is 0. The highest BCUT2D eigenvalue weighted by Gasteiger charge is 2.57. The third-order valence-electron chi connectivity index (χ3n) is 7.57. The highest BCUT2D eigenvalue weighted by atomic mass is 19.4. The fraction of sp³-hybridized carbons (Fsp3) is 0.500. The molecule has 0 aliphatic heterocycles. The highest BCUT2D eigenvalue weighted by molar-refractivity contribution is 5.56. The Hall–Kier alpha value is -2.40. The minimum absolute atomic E-state index is 0.0234. The van der Waals surface area contributed by atoms with Crippen LogP contribution in [0.3, 0.4) is 0 Å². The lowest BCUT2D eigenvalue weighted by Crippen LogP contribution is -2.39. The van der Waals surface area contributed by atoms with Crippen LogP contribution in [0, 0.1) is 23.7 Å². The molecule has 0 amide bonds. The van der Waals surface area contributed by atoms with Crippen molar-refractivity contribution in [3.63, 3.8) is 0 Å². The first kappa shape index (κ1) is 25.3. The second-order valence-electron chi connectivity index (χ2n) is 9.52. The van der Waals surface area contributed by atoms with E-state index in [0.717, 1.165) is 24.3 Å². The first-order valence-corrected chi connectivity index (χ1v) is 11.0. The topological polar surface area (TPSA) is 0 Å². The predicted molar refractivity (Wildman–Crippen MR) is 103 cm³/mol.